The molecular weight excluding hydrogens is 306 g/mol. The molecule has 0 aliphatic heterocycles. The Morgan fingerprint density at radius 2 is 1.65 bits per heavy atom. The molecule has 3 nitrogen and oxygen atoms in total. The van der Waals surface area contributed by atoms with Crippen LogP contribution in [0.5, 0.6) is 0 Å². The van der Waals surface area contributed by atoms with Crippen LogP contribution >= 0.6 is 11.8 Å². The van der Waals surface area contributed by atoms with Gasteiger partial charge in [-0.25, -0.2) is 9.79 Å². The molecule has 3 rings (SSSR count). The van der Waals surface area contributed by atoms with E-state index in [1.165, 1.54) is 11.8 Å². The van der Waals surface area contributed by atoms with E-state index < -0.39 is 5.63 Å². The van der Waals surface area contributed by atoms with Gasteiger partial charge in [-0.15, -0.1) is 11.8 Å². The van der Waals surface area contributed by atoms with Crippen molar-refractivity contribution in [2.24, 2.45) is 4.99 Å². The summed E-state index contributed by atoms with van der Waals surface area (Å²) in [6, 6.07) is 21.1. The van der Waals surface area contributed by atoms with Crippen LogP contribution in [-0.2, 0) is 0 Å². The Bertz CT molecular complexity index is 871. The molecule has 0 aliphatic carbocycles. The normalized spacial score (nSPS) is 11.0. The van der Waals surface area contributed by atoms with Crippen molar-refractivity contribution in [3.8, 4) is 11.3 Å². The molecule has 0 saturated heterocycles. The van der Waals surface area contributed by atoms with E-state index >= 15 is 0 Å². The van der Waals surface area contributed by atoms with Gasteiger partial charge in [-0.3, -0.25) is 0 Å². The average molecular weight is 321 g/mol. The smallest absolute Gasteiger partial charge is 0.363 e. The highest BCUT2D eigenvalue weighted by Crippen LogP contribution is 2.29. The van der Waals surface area contributed by atoms with Crippen LogP contribution in [0.2, 0.25) is 0 Å². The first-order valence-electron chi connectivity index (χ1n) is 7.14. The van der Waals surface area contributed by atoms with Crippen LogP contribution < -0.4 is 5.63 Å². The highest BCUT2D eigenvalue weighted by Gasteiger charge is 2.11. The Morgan fingerprint density at radius 1 is 1.00 bits per heavy atom. The van der Waals surface area contributed by atoms with Gasteiger partial charge >= 0.3 is 5.63 Å². The van der Waals surface area contributed by atoms with Crippen molar-refractivity contribution in [1.82, 2.24) is 0 Å². The Labute approximate surface area is 138 Å². The van der Waals surface area contributed by atoms with E-state index in [0.717, 1.165) is 16.0 Å². The molecule has 1 aromatic heterocycles. The van der Waals surface area contributed by atoms with E-state index in [1.54, 1.807) is 6.21 Å². The van der Waals surface area contributed by atoms with Gasteiger partial charge in [0.05, 0.1) is 0 Å². The number of thioether (sulfide) groups is 1. The third-order valence-electron chi connectivity index (χ3n) is 3.31. The first kappa shape index (κ1) is 15.3. The molecule has 0 N–H and O–H groups in total. The molecule has 114 valence electrons. The van der Waals surface area contributed by atoms with Gasteiger partial charge in [0.15, 0.2) is 5.69 Å². The molecule has 0 aliphatic rings. The zero-order chi connectivity index (χ0) is 16.1. The van der Waals surface area contributed by atoms with Crippen LogP contribution in [0.4, 0.5) is 5.69 Å². The molecule has 0 radical (unpaired) electrons. The lowest BCUT2D eigenvalue weighted by Crippen LogP contribution is -2.01. The van der Waals surface area contributed by atoms with Crippen molar-refractivity contribution in [3.05, 3.63) is 82.7 Å². The molecule has 3 aromatic rings. The summed E-state index contributed by atoms with van der Waals surface area (Å²) in [4.78, 5) is 17.4. The SMILES string of the molecule is CSc1cc(-c2ccccc2)oc(=O)c1N=Cc1ccccc1. The first-order chi connectivity index (χ1) is 11.3. The Hall–Kier alpha value is -2.59. The Kier molecular flexibility index (Phi) is 4.74. The van der Waals surface area contributed by atoms with Gasteiger partial charge in [-0.2, -0.15) is 0 Å². The zero-order valence-corrected chi connectivity index (χ0v) is 13.4. The lowest BCUT2D eigenvalue weighted by Gasteiger charge is -2.05. The summed E-state index contributed by atoms with van der Waals surface area (Å²) in [5.41, 5.74) is 1.72. The number of hydrogen-bond acceptors (Lipinski definition) is 4. The third kappa shape index (κ3) is 3.60. The van der Waals surface area contributed by atoms with Gasteiger partial charge in [-0.1, -0.05) is 60.7 Å². The molecule has 0 spiro atoms. The van der Waals surface area contributed by atoms with Gasteiger partial charge in [0.1, 0.15) is 5.76 Å². The lowest BCUT2D eigenvalue weighted by atomic mass is 10.1. The number of benzene rings is 2. The predicted molar refractivity (Wildman–Crippen MR) is 95.9 cm³/mol. The number of aliphatic imine (C=N–C) groups is 1. The highest BCUT2D eigenvalue weighted by molar-refractivity contribution is 7.98. The van der Waals surface area contributed by atoms with E-state index in [0.29, 0.717) is 11.4 Å². The molecule has 4 heteroatoms. The summed E-state index contributed by atoms with van der Waals surface area (Å²) in [5, 5.41) is 0. The summed E-state index contributed by atoms with van der Waals surface area (Å²) < 4.78 is 5.44. The molecule has 0 unspecified atom stereocenters. The maximum Gasteiger partial charge on any atom is 0.363 e. The Balaban J connectivity index is 2.02. The third-order valence-corrected chi connectivity index (χ3v) is 4.06. The summed E-state index contributed by atoms with van der Waals surface area (Å²) in [5.74, 6) is 0.554. The van der Waals surface area contributed by atoms with Crippen molar-refractivity contribution >= 4 is 23.7 Å². The summed E-state index contributed by atoms with van der Waals surface area (Å²) in [6.07, 6.45) is 3.60. The lowest BCUT2D eigenvalue weighted by molar-refractivity contribution is 0.523. The van der Waals surface area contributed by atoms with Crippen molar-refractivity contribution in [2.45, 2.75) is 4.90 Å². The molecule has 0 saturated carbocycles. The van der Waals surface area contributed by atoms with Crippen LogP contribution in [0.1, 0.15) is 5.56 Å². The van der Waals surface area contributed by atoms with E-state index in [4.69, 9.17) is 4.42 Å². The second-order valence-electron chi connectivity index (χ2n) is 4.85. The maximum atomic E-state index is 12.3. The second kappa shape index (κ2) is 7.11. The van der Waals surface area contributed by atoms with Gasteiger partial charge in [-0.05, 0) is 17.9 Å². The minimum absolute atomic E-state index is 0.334. The van der Waals surface area contributed by atoms with Crippen molar-refractivity contribution < 1.29 is 4.42 Å². The van der Waals surface area contributed by atoms with Gasteiger partial charge in [0, 0.05) is 16.7 Å². The second-order valence-corrected chi connectivity index (χ2v) is 5.70. The zero-order valence-electron chi connectivity index (χ0n) is 12.6. The minimum Gasteiger partial charge on any atom is -0.421 e. The van der Waals surface area contributed by atoms with E-state index in [1.807, 2.05) is 73.0 Å². The summed E-state index contributed by atoms with van der Waals surface area (Å²) >= 11 is 1.48. The fraction of sp³-hybridized carbons (Fsp3) is 0.0526. The fourth-order valence-corrected chi connectivity index (χ4v) is 2.71. The van der Waals surface area contributed by atoms with Crippen LogP contribution in [0.3, 0.4) is 0 Å². The molecule has 0 fully saturated rings. The Morgan fingerprint density at radius 3 is 2.30 bits per heavy atom. The van der Waals surface area contributed by atoms with Gasteiger partial charge < -0.3 is 4.42 Å². The monoisotopic (exact) mass is 321 g/mol. The maximum absolute atomic E-state index is 12.3. The number of nitrogens with zero attached hydrogens (tertiary/aromatic N) is 1. The van der Waals surface area contributed by atoms with Crippen LogP contribution in [0.25, 0.3) is 11.3 Å². The molecule has 1 heterocycles. The molecule has 0 bridgehead atoms. The molecule has 0 amide bonds. The van der Waals surface area contributed by atoms with E-state index in [2.05, 4.69) is 4.99 Å². The molecule has 2 aromatic carbocycles. The van der Waals surface area contributed by atoms with Crippen molar-refractivity contribution in [2.75, 3.05) is 6.26 Å². The standard InChI is InChI=1S/C19H15NO2S/c1-23-17-12-16(15-10-6-3-7-11-15)22-19(21)18(17)20-13-14-8-4-2-5-9-14/h2-13H,1H3. The summed E-state index contributed by atoms with van der Waals surface area (Å²) in [6.45, 7) is 0. The highest BCUT2D eigenvalue weighted by atomic mass is 32.2. The molecule has 0 atom stereocenters. The van der Waals surface area contributed by atoms with E-state index in [9.17, 15) is 4.79 Å². The van der Waals surface area contributed by atoms with Crippen LogP contribution in [0, 0.1) is 0 Å². The van der Waals surface area contributed by atoms with E-state index in [-0.39, 0.29) is 0 Å². The van der Waals surface area contributed by atoms with Crippen molar-refractivity contribution in [1.29, 1.82) is 0 Å². The molecular formula is C19H15NO2S. The van der Waals surface area contributed by atoms with Crippen LogP contribution in [-0.4, -0.2) is 12.5 Å². The largest absolute Gasteiger partial charge is 0.421 e. The minimum atomic E-state index is -0.428. The molecule has 23 heavy (non-hydrogen) atoms. The summed E-state index contributed by atoms with van der Waals surface area (Å²) in [7, 11) is 0. The van der Waals surface area contributed by atoms with Crippen LogP contribution in [0.15, 0.2) is 85.8 Å². The average Bonchev–Trinajstić information content (AvgIpc) is 2.61. The van der Waals surface area contributed by atoms with Gasteiger partial charge in [0.25, 0.3) is 0 Å². The first-order valence-corrected chi connectivity index (χ1v) is 8.37. The number of hydrogen-bond donors (Lipinski definition) is 0. The van der Waals surface area contributed by atoms with Gasteiger partial charge in [0.2, 0.25) is 0 Å². The van der Waals surface area contributed by atoms with Crippen molar-refractivity contribution in [3.63, 3.8) is 0 Å². The predicted octanol–water partition coefficient (Wildman–Crippen LogP) is 4.78. The quantitative estimate of drug-likeness (QED) is 0.513. The fourth-order valence-electron chi connectivity index (χ4n) is 2.16. The number of rotatable bonds is 4. The topological polar surface area (TPSA) is 42.6 Å².